The lowest BCUT2D eigenvalue weighted by Gasteiger charge is -2.16. The Bertz CT molecular complexity index is 577. The predicted octanol–water partition coefficient (Wildman–Crippen LogP) is 4.04. The number of nitrogens with one attached hydrogen (secondary N) is 2. The summed E-state index contributed by atoms with van der Waals surface area (Å²) in [5, 5.41) is 16.7. The number of aliphatic imine (C=N–C) groups is 1. The van der Waals surface area contributed by atoms with E-state index >= 15 is 0 Å². The quantitative estimate of drug-likeness (QED) is 0.130. The van der Waals surface area contributed by atoms with Gasteiger partial charge in [0.25, 0.3) is 0 Å². The molecule has 168 valence electrons. The predicted molar refractivity (Wildman–Crippen MR) is 133 cm³/mol. The molecule has 1 aliphatic carbocycles. The van der Waals surface area contributed by atoms with Crippen molar-refractivity contribution in [3.63, 3.8) is 0 Å². The number of aromatic nitrogens is 3. The third kappa shape index (κ3) is 9.42. The lowest BCUT2D eigenvalue weighted by molar-refractivity contribution is 0.129. The zero-order valence-electron chi connectivity index (χ0n) is 18.3. The van der Waals surface area contributed by atoms with Crippen molar-refractivity contribution in [3.05, 3.63) is 5.82 Å². The molecule has 1 aromatic heterocycles. The van der Waals surface area contributed by atoms with Crippen molar-refractivity contribution in [2.24, 2.45) is 4.99 Å². The van der Waals surface area contributed by atoms with Crippen molar-refractivity contribution < 1.29 is 4.74 Å². The maximum atomic E-state index is 5.58. The van der Waals surface area contributed by atoms with E-state index in [1.807, 2.05) is 7.05 Å². The third-order valence-electron chi connectivity index (χ3n) is 5.10. The number of guanidine groups is 1. The molecule has 9 heteroatoms. The van der Waals surface area contributed by atoms with Crippen LogP contribution in [0.15, 0.2) is 10.1 Å². The molecule has 0 bridgehead atoms. The largest absolute Gasteiger partial charge is 0.381 e. The van der Waals surface area contributed by atoms with Crippen LogP contribution in [0.3, 0.4) is 0 Å². The van der Waals surface area contributed by atoms with E-state index in [1.165, 1.54) is 32.1 Å². The molecule has 1 fully saturated rings. The molecule has 0 atom stereocenters. The van der Waals surface area contributed by atoms with E-state index in [4.69, 9.17) is 4.74 Å². The molecular formula is C20H39IN6OS. The molecule has 2 rings (SSSR count). The zero-order chi connectivity index (χ0) is 20.0. The van der Waals surface area contributed by atoms with Gasteiger partial charge in [-0.15, -0.1) is 34.2 Å². The highest BCUT2D eigenvalue weighted by molar-refractivity contribution is 14.0. The first kappa shape index (κ1) is 26.5. The number of nitrogens with zero attached hydrogens (tertiary/aromatic N) is 4. The molecule has 0 saturated heterocycles. The Labute approximate surface area is 197 Å². The van der Waals surface area contributed by atoms with Gasteiger partial charge < -0.3 is 19.9 Å². The van der Waals surface area contributed by atoms with Gasteiger partial charge in [0.1, 0.15) is 5.82 Å². The summed E-state index contributed by atoms with van der Waals surface area (Å²) in [5.41, 5.74) is 0. The number of halogens is 1. The molecule has 0 spiro atoms. The van der Waals surface area contributed by atoms with Gasteiger partial charge in [0, 0.05) is 45.8 Å². The number of thioether (sulfide) groups is 1. The summed E-state index contributed by atoms with van der Waals surface area (Å²) in [4.78, 5) is 4.29. The van der Waals surface area contributed by atoms with Crippen LogP contribution in [-0.2, 0) is 11.2 Å². The summed E-state index contributed by atoms with van der Waals surface area (Å²) in [6.07, 6.45) is 12.5. The topological polar surface area (TPSA) is 76.4 Å². The number of hydrogen-bond donors (Lipinski definition) is 2. The summed E-state index contributed by atoms with van der Waals surface area (Å²) in [6.45, 7) is 5.60. The highest BCUT2D eigenvalue weighted by Crippen LogP contribution is 2.33. The van der Waals surface area contributed by atoms with Gasteiger partial charge in [0.2, 0.25) is 0 Å². The molecule has 0 radical (unpaired) electrons. The minimum Gasteiger partial charge on any atom is -0.381 e. The van der Waals surface area contributed by atoms with Crippen LogP contribution < -0.4 is 10.6 Å². The first-order chi connectivity index (χ1) is 13.8. The van der Waals surface area contributed by atoms with Gasteiger partial charge in [0.15, 0.2) is 11.1 Å². The molecule has 1 saturated carbocycles. The van der Waals surface area contributed by atoms with E-state index < -0.39 is 0 Å². The van der Waals surface area contributed by atoms with Gasteiger partial charge in [-0.3, -0.25) is 4.99 Å². The average molecular weight is 539 g/mol. The molecule has 0 aliphatic heterocycles. The average Bonchev–Trinajstić information content (AvgIpc) is 3.37. The smallest absolute Gasteiger partial charge is 0.191 e. The Balaban J connectivity index is 0.00000420. The summed E-state index contributed by atoms with van der Waals surface area (Å²) < 4.78 is 7.98. The van der Waals surface area contributed by atoms with Gasteiger partial charge in [-0.05, 0) is 38.4 Å². The second kappa shape index (κ2) is 16.2. The maximum Gasteiger partial charge on any atom is 0.191 e. The van der Waals surface area contributed by atoms with Gasteiger partial charge in [-0.2, -0.15) is 0 Å². The van der Waals surface area contributed by atoms with Crippen molar-refractivity contribution in [3.8, 4) is 0 Å². The SMILES string of the molecule is CCCCOCCCNC(=NC)NCCCc1nnc(SC)n1C1CCCC1.I. The van der Waals surface area contributed by atoms with Crippen LogP contribution in [0.4, 0.5) is 0 Å². The normalized spacial score (nSPS) is 14.8. The monoisotopic (exact) mass is 538 g/mol. The number of ether oxygens (including phenoxy) is 1. The Morgan fingerprint density at radius 2 is 1.83 bits per heavy atom. The van der Waals surface area contributed by atoms with Crippen molar-refractivity contribution in [1.82, 2.24) is 25.4 Å². The lowest BCUT2D eigenvalue weighted by atomic mass is 10.2. The fraction of sp³-hybridized carbons (Fsp3) is 0.850. The van der Waals surface area contributed by atoms with Crippen LogP contribution in [0, 0.1) is 0 Å². The van der Waals surface area contributed by atoms with Crippen molar-refractivity contribution in [2.75, 3.05) is 39.6 Å². The maximum absolute atomic E-state index is 5.58. The molecule has 0 aromatic carbocycles. The molecule has 0 unspecified atom stereocenters. The zero-order valence-corrected chi connectivity index (χ0v) is 21.4. The highest BCUT2D eigenvalue weighted by atomic mass is 127. The number of hydrogen-bond acceptors (Lipinski definition) is 5. The standard InChI is InChI=1S/C20H38N6OS.HI/c1-4-5-15-27-16-9-14-23-19(21-2)22-13-8-12-18-24-25-20(28-3)26(18)17-10-6-7-11-17;/h17H,4-16H2,1-3H3,(H2,21,22,23);1H. The minimum atomic E-state index is 0. The first-order valence-corrected chi connectivity index (χ1v) is 12.0. The van der Waals surface area contributed by atoms with Gasteiger partial charge >= 0.3 is 0 Å². The Morgan fingerprint density at radius 1 is 1.14 bits per heavy atom. The van der Waals surface area contributed by atoms with Crippen LogP contribution >= 0.6 is 35.7 Å². The summed E-state index contributed by atoms with van der Waals surface area (Å²) in [6, 6.07) is 0.592. The summed E-state index contributed by atoms with van der Waals surface area (Å²) in [7, 11) is 1.81. The molecule has 1 heterocycles. The van der Waals surface area contributed by atoms with Crippen LogP contribution in [0.2, 0.25) is 0 Å². The van der Waals surface area contributed by atoms with Gasteiger partial charge in [-0.1, -0.05) is 37.9 Å². The Morgan fingerprint density at radius 3 is 2.48 bits per heavy atom. The Kier molecular flexibility index (Phi) is 14.8. The van der Waals surface area contributed by atoms with Crippen LogP contribution in [0.25, 0.3) is 0 Å². The Hall–Kier alpha value is -0.550. The van der Waals surface area contributed by atoms with E-state index in [-0.39, 0.29) is 24.0 Å². The van der Waals surface area contributed by atoms with Crippen molar-refractivity contribution in [2.45, 2.75) is 75.9 Å². The van der Waals surface area contributed by atoms with Crippen LogP contribution in [0.1, 0.15) is 70.2 Å². The molecule has 1 aliphatic rings. The van der Waals surface area contributed by atoms with E-state index in [1.54, 1.807) is 11.8 Å². The molecule has 0 amide bonds. The van der Waals surface area contributed by atoms with Crippen LogP contribution in [-0.4, -0.2) is 60.3 Å². The lowest BCUT2D eigenvalue weighted by Crippen LogP contribution is -2.38. The fourth-order valence-corrected chi connectivity index (χ4v) is 4.12. The van der Waals surface area contributed by atoms with Gasteiger partial charge in [-0.25, -0.2) is 0 Å². The molecular weight excluding hydrogens is 499 g/mol. The molecule has 7 nitrogen and oxygen atoms in total. The molecule has 29 heavy (non-hydrogen) atoms. The summed E-state index contributed by atoms with van der Waals surface area (Å²) in [5.74, 6) is 1.99. The van der Waals surface area contributed by atoms with Gasteiger partial charge in [0.05, 0.1) is 0 Å². The van der Waals surface area contributed by atoms with E-state index in [0.717, 1.165) is 68.9 Å². The number of aryl methyl sites for hydroxylation is 1. The van der Waals surface area contributed by atoms with E-state index in [2.05, 4.69) is 43.6 Å². The molecule has 2 N–H and O–H groups in total. The molecule has 1 aromatic rings. The number of rotatable bonds is 13. The second-order valence-electron chi connectivity index (χ2n) is 7.26. The number of unbranched alkanes of at least 4 members (excludes halogenated alkanes) is 1. The second-order valence-corrected chi connectivity index (χ2v) is 8.03. The summed E-state index contributed by atoms with van der Waals surface area (Å²) >= 11 is 1.70. The minimum absolute atomic E-state index is 0. The van der Waals surface area contributed by atoms with Crippen molar-refractivity contribution >= 4 is 41.7 Å². The van der Waals surface area contributed by atoms with E-state index in [0.29, 0.717) is 6.04 Å². The fourth-order valence-electron chi connectivity index (χ4n) is 3.55. The third-order valence-corrected chi connectivity index (χ3v) is 5.74. The van der Waals surface area contributed by atoms with Crippen molar-refractivity contribution in [1.29, 1.82) is 0 Å². The highest BCUT2D eigenvalue weighted by Gasteiger charge is 2.23. The van der Waals surface area contributed by atoms with Crippen LogP contribution in [0.5, 0.6) is 0 Å². The van der Waals surface area contributed by atoms with E-state index in [9.17, 15) is 0 Å². The first-order valence-electron chi connectivity index (χ1n) is 10.8.